The van der Waals surface area contributed by atoms with Gasteiger partial charge in [-0.15, -0.1) is 0 Å². The normalized spacial score (nSPS) is 15.0. The standard InChI is InChI=1S/C4H9O4P.Al/c1-2-9(7,8)3-4(5)6;/h2-3H2,1H3,(H,5,6)(H,7,8);/q;+3. The summed E-state index contributed by atoms with van der Waals surface area (Å²) >= 11 is 0. The summed E-state index contributed by atoms with van der Waals surface area (Å²) in [4.78, 5) is 18.5. The molecule has 0 rings (SSSR count). The third kappa shape index (κ3) is 6.31. The molecular weight excluding hydrogens is 170 g/mol. The van der Waals surface area contributed by atoms with Gasteiger partial charge >= 0.3 is 23.3 Å². The summed E-state index contributed by atoms with van der Waals surface area (Å²) in [6, 6.07) is 0. The van der Waals surface area contributed by atoms with Crippen molar-refractivity contribution in [2.45, 2.75) is 6.92 Å². The Morgan fingerprint density at radius 3 is 2.10 bits per heavy atom. The van der Waals surface area contributed by atoms with E-state index < -0.39 is 19.5 Å². The van der Waals surface area contributed by atoms with Crippen LogP contribution < -0.4 is 0 Å². The topological polar surface area (TPSA) is 74.6 Å². The van der Waals surface area contributed by atoms with Gasteiger partial charge in [0.15, 0.2) is 0 Å². The Kier molecular flexibility index (Phi) is 6.32. The zero-order valence-corrected chi connectivity index (χ0v) is 7.70. The second-order valence-electron chi connectivity index (χ2n) is 1.71. The SMILES string of the molecule is CCP(=O)(O)CC(=O)O.[Al+3]. The van der Waals surface area contributed by atoms with Gasteiger partial charge in [-0.3, -0.25) is 9.36 Å². The van der Waals surface area contributed by atoms with Gasteiger partial charge < -0.3 is 10.00 Å². The summed E-state index contributed by atoms with van der Waals surface area (Å²) in [6.45, 7) is 1.49. The molecule has 0 aromatic rings. The Hall–Kier alpha value is 0.192. The Bertz CT molecular complexity index is 157. The van der Waals surface area contributed by atoms with Crippen LogP contribution in [0.4, 0.5) is 0 Å². The molecule has 0 radical (unpaired) electrons. The van der Waals surface area contributed by atoms with Gasteiger partial charge in [0.2, 0.25) is 7.37 Å². The van der Waals surface area contributed by atoms with E-state index in [4.69, 9.17) is 10.00 Å². The van der Waals surface area contributed by atoms with Gasteiger partial charge in [0.1, 0.15) is 6.16 Å². The number of hydrogen-bond donors (Lipinski definition) is 2. The molecule has 0 aliphatic carbocycles. The van der Waals surface area contributed by atoms with Gasteiger partial charge in [-0.25, -0.2) is 0 Å². The van der Waals surface area contributed by atoms with Gasteiger partial charge in [0.05, 0.1) is 0 Å². The fraction of sp³-hybridized carbons (Fsp3) is 0.750. The predicted molar refractivity (Wildman–Crippen MR) is 38.6 cm³/mol. The fourth-order valence-corrected chi connectivity index (χ4v) is 0.969. The van der Waals surface area contributed by atoms with Gasteiger partial charge in [-0.05, 0) is 0 Å². The summed E-state index contributed by atoms with van der Waals surface area (Å²) in [5.74, 6) is -1.22. The summed E-state index contributed by atoms with van der Waals surface area (Å²) in [6.07, 6.45) is -0.594. The first-order valence-corrected chi connectivity index (χ1v) is 4.53. The third-order valence-corrected chi connectivity index (χ3v) is 2.63. The maximum Gasteiger partial charge on any atom is 3.00 e. The van der Waals surface area contributed by atoms with Crippen molar-refractivity contribution in [3.05, 3.63) is 0 Å². The molecule has 2 N–H and O–H groups in total. The van der Waals surface area contributed by atoms with Gasteiger partial charge in [0, 0.05) is 6.16 Å². The van der Waals surface area contributed by atoms with E-state index in [-0.39, 0.29) is 23.5 Å². The second kappa shape index (κ2) is 4.93. The van der Waals surface area contributed by atoms with E-state index in [0.29, 0.717) is 0 Å². The smallest absolute Gasteiger partial charge is 0.481 e. The van der Waals surface area contributed by atoms with E-state index in [1.165, 1.54) is 6.92 Å². The minimum atomic E-state index is -3.33. The van der Waals surface area contributed by atoms with Crippen LogP contribution in [0.5, 0.6) is 0 Å². The molecule has 0 heterocycles. The minimum absolute atomic E-state index is 0. The number of carboxylic acid groups (broad SMARTS) is 1. The van der Waals surface area contributed by atoms with Crippen LogP contribution in [0.25, 0.3) is 0 Å². The van der Waals surface area contributed by atoms with Crippen LogP contribution in [-0.4, -0.2) is 45.7 Å². The molecule has 0 fully saturated rings. The Labute approximate surface area is 69.8 Å². The zero-order chi connectivity index (χ0) is 7.49. The van der Waals surface area contributed by atoms with E-state index in [0.717, 1.165) is 0 Å². The van der Waals surface area contributed by atoms with Crippen molar-refractivity contribution >= 4 is 30.7 Å². The van der Waals surface area contributed by atoms with Crippen LogP contribution in [0.1, 0.15) is 6.92 Å². The van der Waals surface area contributed by atoms with Crippen LogP contribution in [0.3, 0.4) is 0 Å². The molecule has 0 saturated heterocycles. The van der Waals surface area contributed by atoms with Gasteiger partial charge in [-0.1, -0.05) is 6.92 Å². The Balaban J connectivity index is 0. The summed E-state index contributed by atoms with van der Waals surface area (Å²) in [5.41, 5.74) is 0. The monoisotopic (exact) mass is 179 g/mol. The minimum Gasteiger partial charge on any atom is -0.481 e. The van der Waals surface area contributed by atoms with Crippen LogP contribution in [0, 0.1) is 0 Å². The average Bonchev–Trinajstić information content (AvgIpc) is 1.63. The summed E-state index contributed by atoms with van der Waals surface area (Å²) in [5, 5.41) is 8.05. The van der Waals surface area contributed by atoms with Crippen molar-refractivity contribution in [2.75, 3.05) is 12.3 Å². The van der Waals surface area contributed by atoms with Crippen molar-refractivity contribution in [1.29, 1.82) is 0 Å². The van der Waals surface area contributed by atoms with E-state index >= 15 is 0 Å². The van der Waals surface area contributed by atoms with E-state index in [2.05, 4.69) is 0 Å². The maximum absolute atomic E-state index is 10.6. The average molecular weight is 179 g/mol. The molecule has 54 valence electrons. The number of aliphatic carboxylic acids is 1. The van der Waals surface area contributed by atoms with Crippen LogP contribution in [-0.2, 0) is 9.36 Å². The molecule has 4 nitrogen and oxygen atoms in total. The Morgan fingerprint density at radius 2 is 2.00 bits per heavy atom. The maximum atomic E-state index is 10.6. The van der Waals surface area contributed by atoms with E-state index in [1.54, 1.807) is 0 Å². The molecule has 0 aromatic heterocycles. The molecule has 1 atom stereocenters. The zero-order valence-electron chi connectivity index (χ0n) is 5.65. The summed E-state index contributed by atoms with van der Waals surface area (Å²) in [7, 11) is -3.33. The molecule has 0 aromatic carbocycles. The third-order valence-electron chi connectivity index (χ3n) is 0.876. The Morgan fingerprint density at radius 1 is 1.60 bits per heavy atom. The van der Waals surface area contributed by atoms with Crippen molar-refractivity contribution in [2.24, 2.45) is 0 Å². The number of hydrogen-bond acceptors (Lipinski definition) is 2. The first-order chi connectivity index (χ1) is 3.98. The van der Waals surface area contributed by atoms with E-state index in [9.17, 15) is 9.36 Å². The molecule has 0 amide bonds. The number of rotatable bonds is 3. The number of carbonyl (C=O) groups is 1. The molecule has 1 unspecified atom stereocenters. The number of carboxylic acids is 1. The molecular formula is C4H9AlO4P+3. The fourth-order valence-electron chi connectivity index (χ4n) is 0.323. The van der Waals surface area contributed by atoms with Crippen LogP contribution in [0.2, 0.25) is 0 Å². The molecule has 10 heavy (non-hydrogen) atoms. The van der Waals surface area contributed by atoms with E-state index in [1.807, 2.05) is 0 Å². The molecule has 0 spiro atoms. The van der Waals surface area contributed by atoms with Crippen molar-refractivity contribution in [1.82, 2.24) is 0 Å². The first kappa shape index (κ1) is 12.8. The van der Waals surface area contributed by atoms with Gasteiger partial charge in [-0.2, -0.15) is 0 Å². The quantitative estimate of drug-likeness (QED) is 0.471. The molecule has 0 aliphatic heterocycles. The van der Waals surface area contributed by atoms with Crippen molar-refractivity contribution in [3.8, 4) is 0 Å². The van der Waals surface area contributed by atoms with Crippen molar-refractivity contribution in [3.63, 3.8) is 0 Å². The second-order valence-corrected chi connectivity index (χ2v) is 4.36. The van der Waals surface area contributed by atoms with Crippen molar-refractivity contribution < 1.29 is 19.4 Å². The molecule has 0 aliphatic rings. The van der Waals surface area contributed by atoms with Gasteiger partial charge in [0.25, 0.3) is 0 Å². The molecule has 0 saturated carbocycles. The summed E-state index contributed by atoms with van der Waals surface area (Å²) < 4.78 is 10.6. The largest absolute Gasteiger partial charge is 3.00 e. The molecule has 0 bridgehead atoms. The predicted octanol–water partition coefficient (Wildman–Crippen LogP) is -0.0195. The van der Waals surface area contributed by atoms with Crippen LogP contribution >= 0.6 is 7.37 Å². The van der Waals surface area contributed by atoms with Crippen LogP contribution in [0.15, 0.2) is 0 Å². The molecule has 6 heteroatoms. The first-order valence-electron chi connectivity index (χ1n) is 2.50.